The van der Waals surface area contributed by atoms with E-state index in [-0.39, 0.29) is 11.7 Å². The lowest BCUT2D eigenvalue weighted by atomic mass is 9.64. The quantitative estimate of drug-likeness (QED) is 0.863. The Morgan fingerprint density at radius 1 is 1.42 bits per heavy atom. The highest BCUT2D eigenvalue weighted by atomic mass is 35.5. The van der Waals surface area contributed by atoms with E-state index in [1.54, 1.807) is 24.3 Å². The summed E-state index contributed by atoms with van der Waals surface area (Å²) in [6.45, 7) is 1.93. The third-order valence-corrected chi connectivity index (χ3v) is 4.34. The van der Waals surface area contributed by atoms with Crippen molar-refractivity contribution in [3.63, 3.8) is 0 Å². The molecule has 2 unspecified atom stereocenters. The second-order valence-corrected chi connectivity index (χ2v) is 5.52. The molecule has 1 aromatic rings. The molecule has 1 aromatic carbocycles. The molecule has 0 radical (unpaired) electrons. The van der Waals surface area contributed by atoms with Crippen LogP contribution < -0.4 is 0 Å². The summed E-state index contributed by atoms with van der Waals surface area (Å²) in [6.07, 6.45) is 2.62. The normalized spacial score (nSPS) is 27.3. The molecule has 4 heteroatoms. The first-order valence-corrected chi connectivity index (χ1v) is 6.94. The Hall–Kier alpha value is -1.35. The highest BCUT2D eigenvalue weighted by Gasteiger charge is 2.51. The zero-order chi connectivity index (χ0) is 14.0. The van der Waals surface area contributed by atoms with Crippen molar-refractivity contribution in [2.45, 2.75) is 38.0 Å². The smallest absolute Gasteiger partial charge is 0.321 e. The molecular formula is C15H17ClO3. The number of carbonyl (C=O) groups excluding carboxylic acids is 1. The Morgan fingerprint density at radius 3 is 2.58 bits per heavy atom. The number of aliphatic carboxylic acids is 1. The van der Waals surface area contributed by atoms with Crippen LogP contribution in [0.1, 0.15) is 38.2 Å². The van der Waals surface area contributed by atoms with Gasteiger partial charge in [0.05, 0.1) is 0 Å². The van der Waals surface area contributed by atoms with Crippen molar-refractivity contribution in [2.24, 2.45) is 5.92 Å². The Morgan fingerprint density at radius 2 is 2.05 bits per heavy atom. The van der Waals surface area contributed by atoms with Crippen LogP contribution in [0.2, 0.25) is 5.02 Å². The standard InChI is InChI=1S/C15H17ClO3/c1-2-10-4-3-9-15(13(10)17,14(18)19)11-5-7-12(16)8-6-11/h5-8,10H,2-4,9H2,1H3,(H,18,19). The van der Waals surface area contributed by atoms with E-state index >= 15 is 0 Å². The molecule has 0 spiro atoms. The fraction of sp³-hybridized carbons (Fsp3) is 0.467. The van der Waals surface area contributed by atoms with Crippen LogP contribution in [0.15, 0.2) is 24.3 Å². The minimum atomic E-state index is -1.39. The van der Waals surface area contributed by atoms with E-state index in [0.29, 0.717) is 23.4 Å². The fourth-order valence-electron chi connectivity index (χ4n) is 2.96. The van der Waals surface area contributed by atoms with Crippen LogP contribution in [-0.2, 0) is 15.0 Å². The van der Waals surface area contributed by atoms with Crippen molar-refractivity contribution >= 4 is 23.4 Å². The van der Waals surface area contributed by atoms with Crippen molar-refractivity contribution < 1.29 is 14.7 Å². The van der Waals surface area contributed by atoms with E-state index < -0.39 is 11.4 Å². The molecule has 0 aliphatic heterocycles. The summed E-state index contributed by atoms with van der Waals surface area (Å²) >= 11 is 5.84. The molecule has 2 rings (SSSR count). The van der Waals surface area contributed by atoms with Crippen LogP contribution >= 0.6 is 11.6 Å². The maximum Gasteiger partial charge on any atom is 0.321 e. The molecule has 0 saturated heterocycles. The van der Waals surface area contributed by atoms with Crippen LogP contribution in [0.25, 0.3) is 0 Å². The lowest BCUT2D eigenvalue weighted by molar-refractivity contribution is -0.152. The largest absolute Gasteiger partial charge is 0.480 e. The van der Waals surface area contributed by atoms with Crippen molar-refractivity contribution in [3.8, 4) is 0 Å². The van der Waals surface area contributed by atoms with Crippen LogP contribution in [0.4, 0.5) is 0 Å². The number of carboxylic acid groups (broad SMARTS) is 1. The van der Waals surface area contributed by atoms with Gasteiger partial charge in [-0.1, -0.05) is 37.1 Å². The summed E-state index contributed by atoms with van der Waals surface area (Å²) in [6, 6.07) is 6.60. The van der Waals surface area contributed by atoms with Crippen LogP contribution in [0.3, 0.4) is 0 Å². The molecule has 2 atom stereocenters. The summed E-state index contributed by atoms with van der Waals surface area (Å²) < 4.78 is 0. The number of Topliss-reactive ketones (excluding diaryl/α,β-unsaturated/α-hetero) is 1. The molecule has 0 heterocycles. The monoisotopic (exact) mass is 280 g/mol. The van der Waals surface area contributed by atoms with E-state index in [0.717, 1.165) is 12.8 Å². The van der Waals surface area contributed by atoms with Gasteiger partial charge in [-0.3, -0.25) is 9.59 Å². The first-order valence-electron chi connectivity index (χ1n) is 6.56. The Labute approximate surface area is 117 Å². The summed E-state index contributed by atoms with van der Waals surface area (Å²) in [7, 11) is 0. The summed E-state index contributed by atoms with van der Waals surface area (Å²) in [5.41, 5.74) is -0.837. The highest BCUT2D eigenvalue weighted by molar-refractivity contribution is 6.30. The molecule has 0 amide bonds. The number of hydrogen-bond acceptors (Lipinski definition) is 2. The van der Waals surface area contributed by atoms with Gasteiger partial charge in [0, 0.05) is 10.9 Å². The number of hydrogen-bond donors (Lipinski definition) is 1. The van der Waals surface area contributed by atoms with Gasteiger partial charge >= 0.3 is 5.97 Å². The summed E-state index contributed by atoms with van der Waals surface area (Å²) in [5.74, 6) is -1.35. The number of rotatable bonds is 3. The average Bonchev–Trinajstić information content (AvgIpc) is 2.40. The molecule has 102 valence electrons. The number of benzene rings is 1. The molecule has 1 N–H and O–H groups in total. The zero-order valence-corrected chi connectivity index (χ0v) is 11.6. The molecule has 1 aliphatic carbocycles. The number of ketones is 1. The van der Waals surface area contributed by atoms with E-state index in [1.165, 1.54) is 0 Å². The van der Waals surface area contributed by atoms with Gasteiger partial charge in [0.1, 0.15) is 0 Å². The van der Waals surface area contributed by atoms with Crippen molar-refractivity contribution in [3.05, 3.63) is 34.9 Å². The lowest BCUT2D eigenvalue weighted by Crippen LogP contribution is -2.49. The lowest BCUT2D eigenvalue weighted by Gasteiger charge is -2.36. The van der Waals surface area contributed by atoms with Gasteiger partial charge in [-0.2, -0.15) is 0 Å². The third-order valence-electron chi connectivity index (χ3n) is 4.09. The van der Waals surface area contributed by atoms with E-state index in [1.807, 2.05) is 6.92 Å². The van der Waals surface area contributed by atoms with E-state index in [9.17, 15) is 14.7 Å². The predicted octanol–water partition coefficient (Wildman–Crippen LogP) is 3.44. The minimum absolute atomic E-state index is 0.152. The molecule has 19 heavy (non-hydrogen) atoms. The van der Waals surface area contributed by atoms with Crippen molar-refractivity contribution in [1.29, 1.82) is 0 Å². The SMILES string of the molecule is CCC1CCCC(C(=O)O)(c2ccc(Cl)cc2)C1=O. The van der Waals surface area contributed by atoms with Gasteiger partial charge in [0.15, 0.2) is 11.2 Å². The predicted molar refractivity (Wildman–Crippen MR) is 73.4 cm³/mol. The van der Waals surface area contributed by atoms with Crippen LogP contribution in [0, 0.1) is 5.92 Å². The molecular weight excluding hydrogens is 264 g/mol. The molecule has 1 saturated carbocycles. The second kappa shape index (κ2) is 5.33. The van der Waals surface area contributed by atoms with Crippen molar-refractivity contribution in [2.75, 3.05) is 0 Å². The number of carbonyl (C=O) groups is 2. The van der Waals surface area contributed by atoms with Gasteiger partial charge < -0.3 is 5.11 Å². The van der Waals surface area contributed by atoms with Gasteiger partial charge in [-0.05, 0) is 37.0 Å². The summed E-state index contributed by atoms with van der Waals surface area (Å²) in [5, 5.41) is 10.2. The van der Waals surface area contributed by atoms with Gasteiger partial charge in [-0.25, -0.2) is 0 Å². The average molecular weight is 281 g/mol. The Kier molecular flexibility index (Phi) is 3.95. The minimum Gasteiger partial charge on any atom is -0.480 e. The Bertz CT molecular complexity index is 495. The zero-order valence-electron chi connectivity index (χ0n) is 10.9. The Balaban J connectivity index is 2.51. The first-order chi connectivity index (χ1) is 9.02. The molecule has 3 nitrogen and oxygen atoms in total. The van der Waals surface area contributed by atoms with E-state index in [4.69, 9.17) is 11.6 Å². The van der Waals surface area contributed by atoms with Crippen LogP contribution in [-0.4, -0.2) is 16.9 Å². The molecule has 1 aliphatic rings. The number of halogens is 1. The molecule has 0 bridgehead atoms. The molecule has 1 fully saturated rings. The highest BCUT2D eigenvalue weighted by Crippen LogP contribution is 2.40. The topological polar surface area (TPSA) is 54.4 Å². The first kappa shape index (κ1) is 14.1. The van der Waals surface area contributed by atoms with Gasteiger partial charge in [-0.15, -0.1) is 0 Å². The maximum absolute atomic E-state index is 12.6. The third kappa shape index (κ3) is 2.27. The maximum atomic E-state index is 12.6. The van der Waals surface area contributed by atoms with Crippen molar-refractivity contribution in [1.82, 2.24) is 0 Å². The summed E-state index contributed by atoms with van der Waals surface area (Å²) in [4.78, 5) is 24.4. The van der Waals surface area contributed by atoms with Gasteiger partial charge in [0.2, 0.25) is 0 Å². The van der Waals surface area contributed by atoms with Gasteiger partial charge in [0.25, 0.3) is 0 Å². The second-order valence-electron chi connectivity index (χ2n) is 5.08. The van der Waals surface area contributed by atoms with E-state index in [2.05, 4.69) is 0 Å². The number of carboxylic acids is 1. The van der Waals surface area contributed by atoms with Crippen LogP contribution in [0.5, 0.6) is 0 Å². The fourth-order valence-corrected chi connectivity index (χ4v) is 3.09. The molecule has 0 aromatic heterocycles.